The van der Waals surface area contributed by atoms with Gasteiger partial charge in [0, 0.05) is 25.8 Å². The molecule has 1 N–H and O–H groups in total. The van der Waals surface area contributed by atoms with Crippen molar-refractivity contribution in [1.82, 2.24) is 20.0 Å². The maximum atomic E-state index is 11.7. The number of amides is 2. The van der Waals surface area contributed by atoms with E-state index in [2.05, 4.69) is 10.4 Å². The van der Waals surface area contributed by atoms with E-state index in [1.807, 2.05) is 24.6 Å². The number of carbonyl (C=O) groups is 2. The molecule has 1 aromatic rings. The summed E-state index contributed by atoms with van der Waals surface area (Å²) in [4.78, 5) is 24.3. The number of carbonyl (C=O) groups excluding carboxylic acids is 2. The zero-order valence-corrected chi connectivity index (χ0v) is 13.2. The Morgan fingerprint density at radius 2 is 2.14 bits per heavy atom. The summed E-state index contributed by atoms with van der Waals surface area (Å²) in [5.41, 5.74) is 2.11. The van der Waals surface area contributed by atoms with Crippen LogP contribution in [0.5, 0.6) is 0 Å². The number of hydrogen-bond acceptors (Lipinski definition) is 4. The summed E-state index contributed by atoms with van der Waals surface area (Å²) in [5, 5.41) is 7.13. The van der Waals surface area contributed by atoms with Gasteiger partial charge in [0.15, 0.2) is 0 Å². The average Bonchev–Trinajstić information content (AvgIpc) is 2.73. The first-order chi connectivity index (χ1) is 9.93. The van der Waals surface area contributed by atoms with Gasteiger partial charge in [-0.2, -0.15) is 5.10 Å². The van der Waals surface area contributed by atoms with Crippen molar-refractivity contribution in [2.75, 3.05) is 26.7 Å². The van der Waals surface area contributed by atoms with Crippen molar-refractivity contribution < 1.29 is 14.3 Å². The zero-order chi connectivity index (χ0) is 15.8. The van der Waals surface area contributed by atoms with Crippen LogP contribution in [0.15, 0.2) is 6.07 Å². The molecule has 0 bridgehead atoms. The van der Waals surface area contributed by atoms with Crippen molar-refractivity contribution in [3.8, 4) is 0 Å². The van der Waals surface area contributed by atoms with Gasteiger partial charge in [0.2, 0.25) is 5.91 Å². The molecule has 0 spiro atoms. The smallest absolute Gasteiger partial charge is 0.409 e. The second kappa shape index (κ2) is 8.28. The molecule has 7 nitrogen and oxygen atoms in total. The van der Waals surface area contributed by atoms with Crippen LogP contribution in [0, 0.1) is 13.8 Å². The van der Waals surface area contributed by atoms with Crippen molar-refractivity contribution >= 4 is 12.0 Å². The van der Waals surface area contributed by atoms with E-state index in [0.29, 0.717) is 13.2 Å². The summed E-state index contributed by atoms with van der Waals surface area (Å²) >= 11 is 0. The van der Waals surface area contributed by atoms with Crippen molar-refractivity contribution in [3.05, 3.63) is 17.5 Å². The Morgan fingerprint density at radius 1 is 1.43 bits per heavy atom. The second-order valence-electron chi connectivity index (χ2n) is 4.91. The molecule has 0 aliphatic carbocycles. The minimum absolute atomic E-state index is 0.00125. The van der Waals surface area contributed by atoms with Crippen LogP contribution in [0.3, 0.4) is 0 Å². The van der Waals surface area contributed by atoms with E-state index in [0.717, 1.165) is 24.4 Å². The van der Waals surface area contributed by atoms with Crippen LogP contribution in [0.1, 0.15) is 24.7 Å². The lowest BCUT2D eigenvalue weighted by Gasteiger charge is -2.15. The maximum Gasteiger partial charge on any atom is 0.409 e. The molecule has 1 rings (SSSR count). The van der Waals surface area contributed by atoms with Crippen LogP contribution in [0.25, 0.3) is 0 Å². The van der Waals surface area contributed by atoms with Gasteiger partial charge >= 0.3 is 6.09 Å². The minimum atomic E-state index is -0.490. The van der Waals surface area contributed by atoms with Gasteiger partial charge in [-0.05, 0) is 33.3 Å². The molecule has 0 aromatic carbocycles. The molecule has 1 aromatic heterocycles. The summed E-state index contributed by atoms with van der Waals surface area (Å²) in [6, 6.07) is 2.02. The summed E-state index contributed by atoms with van der Waals surface area (Å²) in [7, 11) is 1.54. The van der Waals surface area contributed by atoms with Crippen LogP contribution < -0.4 is 5.32 Å². The number of aryl methyl sites for hydroxylation is 3. The number of nitrogens with one attached hydrogen (secondary N) is 1. The van der Waals surface area contributed by atoms with E-state index in [4.69, 9.17) is 4.74 Å². The number of rotatable bonds is 7. The normalized spacial score (nSPS) is 10.3. The Morgan fingerprint density at radius 3 is 2.71 bits per heavy atom. The van der Waals surface area contributed by atoms with E-state index in [1.54, 1.807) is 6.92 Å². The van der Waals surface area contributed by atoms with Gasteiger partial charge in [-0.15, -0.1) is 0 Å². The van der Waals surface area contributed by atoms with Crippen LogP contribution >= 0.6 is 0 Å². The molecule has 1 heterocycles. The van der Waals surface area contributed by atoms with Gasteiger partial charge in [0.05, 0.1) is 12.3 Å². The third-order valence-corrected chi connectivity index (χ3v) is 2.93. The standard InChI is InChI=1S/C14H24N4O3/c1-5-21-14(20)17(4)10-13(19)15-7-6-8-18-12(3)9-11(2)16-18/h9H,5-8,10H2,1-4H3,(H,15,19). The fraction of sp³-hybridized carbons (Fsp3) is 0.643. The molecule has 0 unspecified atom stereocenters. The molecule has 21 heavy (non-hydrogen) atoms. The Bertz CT molecular complexity index is 485. The van der Waals surface area contributed by atoms with Gasteiger partial charge < -0.3 is 15.0 Å². The van der Waals surface area contributed by atoms with Crippen LogP contribution in [0.2, 0.25) is 0 Å². The predicted molar refractivity (Wildman–Crippen MR) is 79.0 cm³/mol. The van der Waals surface area contributed by atoms with Crippen molar-refractivity contribution in [3.63, 3.8) is 0 Å². The molecule has 0 saturated carbocycles. The predicted octanol–water partition coefficient (Wildman–Crippen LogP) is 1.09. The lowest BCUT2D eigenvalue weighted by atomic mass is 10.3. The number of nitrogens with zero attached hydrogens (tertiary/aromatic N) is 3. The zero-order valence-electron chi connectivity index (χ0n) is 13.2. The highest BCUT2D eigenvalue weighted by atomic mass is 16.6. The Balaban J connectivity index is 2.22. The lowest BCUT2D eigenvalue weighted by Crippen LogP contribution is -2.39. The fourth-order valence-corrected chi connectivity index (χ4v) is 1.93. The second-order valence-corrected chi connectivity index (χ2v) is 4.91. The molecule has 0 aliphatic rings. The van der Waals surface area contributed by atoms with Gasteiger partial charge in [-0.1, -0.05) is 0 Å². The molecule has 0 aliphatic heterocycles. The number of ether oxygens (including phenoxy) is 1. The maximum absolute atomic E-state index is 11.7. The van der Waals surface area contributed by atoms with Gasteiger partial charge in [0.1, 0.15) is 6.54 Å². The first kappa shape index (κ1) is 17.0. The molecule has 7 heteroatoms. The fourth-order valence-electron chi connectivity index (χ4n) is 1.93. The molecule has 0 fully saturated rings. The topological polar surface area (TPSA) is 76.5 Å². The Kier molecular flexibility index (Phi) is 6.71. The average molecular weight is 296 g/mol. The molecular formula is C14H24N4O3. The van der Waals surface area contributed by atoms with E-state index < -0.39 is 6.09 Å². The van der Waals surface area contributed by atoms with Crippen LogP contribution in [-0.4, -0.2) is 53.4 Å². The van der Waals surface area contributed by atoms with E-state index in [9.17, 15) is 9.59 Å². The number of hydrogen-bond donors (Lipinski definition) is 1. The highest BCUT2D eigenvalue weighted by molar-refractivity contribution is 5.81. The van der Waals surface area contributed by atoms with Gasteiger partial charge in [-0.25, -0.2) is 4.79 Å². The SMILES string of the molecule is CCOC(=O)N(C)CC(=O)NCCCn1nc(C)cc1C. The van der Waals surface area contributed by atoms with Crippen molar-refractivity contribution in [2.45, 2.75) is 33.7 Å². The molecule has 118 valence electrons. The van der Waals surface area contributed by atoms with Crippen LogP contribution in [0.4, 0.5) is 4.79 Å². The first-order valence-electron chi connectivity index (χ1n) is 7.09. The van der Waals surface area contributed by atoms with E-state index in [-0.39, 0.29) is 12.5 Å². The minimum Gasteiger partial charge on any atom is -0.450 e. The lowest BCUT2D eigenvalue weighted by molar-refractivity contribution is -0.121. The number of aromatic nitrogens is 2. The molecule has 2 amide bonds. The summed E-state index contributed by atoms with van der Waals surface area (Å²) in [5.74, 6) is -0.195. The van der Waals surface area contributed by atoms with E-state index >= 15 is 0 Å². The summed E-state index contributed by atoms with van der Waals surface area (Å²) in [6.45, 7) is 7.29. The van der Waals surface area contributed by atoms with E-state index in [1.165, 1.54) is 11.9 Å². The largest absolute Gasteiger partial charge is 0.450 e. The summed E-state index contributed by atoms with van der Waals surface area (Å²) < 4.78 is 6.72. The van der Waals surface area contributed by atoms with Crippen LogP contribution in [-0.2, 0) is 16.1 Å². The molecule has 0 radical (unpaired) electrons. The molecular weight excluding hydrogens is 272 g/mol. The van der Waals surface area contributed by atoms with Crippen molar-refractivity contribution in [2.24, 2.45) is 0 Å². The van der Waals surface area contributed by atoms with Gasteiger partial charge in [-0.3, -0.25) is 9.48 Å². The molecule has 0 atom stereocenters. The third kappa shape index (κ3) is 5.85. The van der Waals surface area contributed by atoms with Gasteiger partial charge in [0.25, 0.3) is 0 Å². The number of likely N-dealkylation sites (N-methyl/N-ethyl adjacent to an activating group) is 1. The highest BCUT2D eigenvalue weighted by Gasteiger charge is 2.12. The summed E-state index contributed by atoms with van der Waals surface area (Å²) in [6.07, 6.45) is 0.298. The quantitative estimate of drug-likeness (QED) is 0.764. The molecule has 0 saturated heterocycles. The Hall–Kier alpha value is -2.05. The third-order valence-electron chi connectivity index (χ3n) is 2.93. The van der Waals surface area contributed by atoms with Crippen molar-refractivity contribution in [1.29, 1.82) is 0 Å². The Labute approximate surface area is 125 Å². The monoisotopic (exact) mass is 296 g/mol. The highest BCUT2D eigenvalue weighted by Crippen LogP contribution is 2.02. The first-order valence-corrected chi connectivity index (χ1v) is 7.09.